The highest BCUT2D eigenvalue weighted by molar-refractivity contribution is 7.90. The van der Waals surface area contributed by atoms with Gasteiger partial charge in [-0.2, -0.15) is 0 Å². The molecule has 3 aromatic heterocycles. The van der Waals surface area contributed by atoms with Crippen molar-refractivity contribution in [2.45, 2.75) is 31.7 Å². The molecular formula is C27H28N4O3S. The van der Waals surface area contributed by atoms with Crippen molar-refractivity contribution in [2.75, 3.05) is 13.4 Å². The molecule has 35 heavy (non-hydrogen) atoms. The number of nitrogens with zero attached hydrogens (tertiary/aromatic N) is 4. The van der Waals surface area contributed by atoms with Crippen molar-refractivity contribution in [3.05, 3.63) is 84.4 Å². The average molecular weight is 489 g/mol. The first-order valence-electron chi connectivity index (χ1n) is 11.2. The van der Waals surface area contributed by atoms with Crippen molar-refractivity contribution < 1.29 is 13.2 Å². The van der Waals surface area contributed by atoms with Crippen LogP contribution in [0, 0.1) is 5.41 Å². The summed E-state index contributed by atoms with van der Waals surface area (Å²) in [5.41, 5.74) is 5.42. The van der Waals surface area contributed by atoms with Crippen LogP contribution in [-0.2, 0) is 9.84 Å². The Bertz CT molecular complexity index is 1410. The molecule has 1 aromatic carbocycles. The third-order valence-electron chi connectivity index (χ3n) is 5.79. The number of benzene rings is 1. The Balaban J connectivity index is 1.63. The highest BCUT2D eigenvalue weighted by atomic mass is 32.2. The van der Waals surface area contributed by atoms with Crippen molar-refractivity contribution >= 4 is 9.84 Å². The van der Waals surface area contributed by atoms with E-state index in [0.29, 0.717) is 5.69 Å². The molecule has 8 heteroatoms. The predicted molar refractivity (Wildman–Crippen MR) is 136 cm³/mol. The van der Waals surface area contributed by atoms with Gasteiger partial charge in [-0.25, -0.2) is 8.42 Å². The highest BCUT2D eigenvalue weighted by Gasteiger charge is 2.29. The van der Waals surface area contributed by atoms with Crippen LogP contribution >= 0.6 is 0 Å². The molecule has 0 radical (unpaired) electrons. The summed E-state index contributed by atoms with van der Waals surface area (Å²) < 4.78 is 28.6. The lowest BCUT2D eigenvalue weighted by Gasteiger charge is -2.31. The van der Waals surface area contributed by atoms with Gasteiger partial charge in [-0.1, -0.05) is 45.0 Å². The van der Waals surface area contributed by atoms with Crippen LogP contribution in [0.5, 0.6) is 5.75 Å². The van der Waals surface area contributed by atoms with Crippen LogP contribution in [0.2, 0.25) is 0 Å². The number of methoxy groups -OCH3 is 1. The molecule has 4 aromatic rings. The molecule has 0 aliphatic heterocycles. The Morgan fingerprint density at radius 2 is 1.54 bits per heavy atom. The lowest BCUT2D eigenvalue weighted by Crippen LogP contribution is -2.20. The topological polar surface area (TPSA) is 94.9 Å². The van der Waals surface area contributed by atoms with E-state index >= 15 is 0 Å². The summed E-state index contributed by atoms with van der Waals surface area (Å²) >= 11 is 0. The summed E-state index contributed by atoms with van der Waals surface area (Å²) in [5.74, 6) is 0.784. The number of hydrogen-bond donors (Lipinski definition) is 0. The molecule has 1 unspecified atom stereocenters. The molecule has 180 valence electrons. The molecule has 0 N–H and O–H groups in total. The van der Waals surface area contributed by atoms with E-state index in [1.165, 1.54) is 6.07 Å². The van der Waals surface area contributed by atoms with Crippen molar-refractivity contribution in [1.29, 1.82) is 0 Å². The van der Waals surface area contributed by atoms with Gasteiger partial charge >= 0.3 is 0 Å². The number of ether oxygens (including phenoxy) is 1. The largest absolute Gasteiger partial charge is 0.495 e. The number of aromatic nitrogens is 4. The van der Waals surface area contributed by atoms with Crippen molar-refractivity contribution in [3.8, 4) is 28.1 Å². The van der Waals surface area contributed by atoms with Gasteiger partial charge in [0.05, 0.1) is 19.0 Å². The molecule has 0 aliphatic rings. The van der Waals surface area contributed by atoms with Crippen molar-refractivity contribution in [2.24, 2.45) is 5.41 Å². The molecule has 0 bridgehead atoms. The molecule has 0 fully saturated rings. The molecule has 7 nitrogen and oxygen atoms in total. The fourth-order valence-electron chi connectivity index (χ4n) is 4.07. The summed E-state index contributed by atoms with van der Waals surface area (Å²) in [6, 6.07) is 17.5. The van der Waals surface area contributed by atoms with Gasteiger partial charge in [0, 0.05) is 41.4 Å². The van der Waals surface area contributed by atoms with E-state index < -0.39 is 9.84 Å². The molecule has 0 saturated heterocycles. The van der Waals surface area contributed by atoms with Gasteiger partial charge in [0.2, 0.25) is 0 Å². The Kier molecular flexibility index (Phi) is 6.67. The zero-order chi connectivity index (χ0) is 25.2. The van der Waals surface area contributed by atoms with Gasteiger partial charge < -0.3 is 4.74 Å². The van der Waals surface area contributed by atoms with E-state index in [2.05, 4.69) is 60.2 Å². The lowest BCUT2D eigenvalue weighted by molar-refractivity contribution is 0.353. The number of pyridine rings is 2. The summed E-state index contributed by atoms with van der Waals surface area (Å²) in [6.07, 6.45) is 6.38. The van der Waals surface area contributed by atoms with E-state index in [-0.39, 0.29) is 16.4 Å². The smallest absolute Gasteiger partial charge is 0.194 e. The van der Waals surface area contributed by atoms with E-state index in [1.807, 2.05) is 24.4 Å². The van der Waals surface area contributed by atoms with Gasteiger partial charge in [-0.3, -0.25) is 9.97 Å². The Labute approximate surface area is 206 Å². The van der Waals surface area contributed by atoms with E-state index in [4.69, 9.17) is 9.72 Å². The molecule has 1 atom stereocenters. The molecular weight excluding hydrogens is 460 g/mol. The van der Waals surface area contributed by atoms with Gasteiger partial charge in [-0.05, 0) is 46.9 Å². The van der Waals surface area contributed by atoms with Gasteiger partial charge in [0.25, 0.3) is 0 Å². The predicted octanol–water partition coefficient (Wildman–Crippen LogP) is 5.19. The summed E-state index contributed by atoms with van der Waals surface area (Å²) in [7, 11) is -1.76. The summed E-state index contributed by atoms with van der Waals surface area (Å²) in [6.45, 7) is 6.59. The molecule has 0 amide bonds. The first-order valence-corrected chi connectivity index (χ1v) is 13.0. The fraction of sp³-hybridized carbons (Fsp3) is 0.259. The van der Waals surface area contributed by atoms with Crippen LogP contribution < -0.4 is 4.74 Å². The second-order valence-electron chi connectivity index (χ2n) is 9.54. The second kappa shape index (κ2) is 9.54. The number of sulfone groups is 1. The monoisotopic (exact) mass is 488 g/mol. The number of rotatable bonds is 6. The zero-order valence-corrected chi connectivity index (χ0v) is 21.2. The Hall–Kier alpha value is -3.65. The summed E-state index contributed by atoms with van der Waals surface area (Å²) in [5, 5.41) is 7.85. The minimum atomic E-state index is -3.39. The Morgan fingerprint density at radius 1 is 0.829 bits per heavy atom. The van der Waals surface area contributed by atoms with E-state index in [0.717, 1.165) is 40.0 Å². The van der Waals surface area contributed by atoms with Crippen LogP contribution in [0.15, 0.2) is 78.2 Å². The third-order valence-corrected chi connectivity index (χ3v) is 6.77. The van der Waals surface area contributed by atoms with Gasteiger partial charge in [0.15, 0.2) is 14.9 Å². The quantitative estimate of drug-likeness (QED) is 0.368. The minimum Gasteiger partial charge on any atom is -0.495 e. The SMILES string of the molecule is COc1cncc(-c2ccc(C(c3ccc(-c4ccc(S(C)(=O)=O)nn4)cn3)C(C)(C)C)cc2)c1. The highest BCUT2D eigenvalue weighted by Crippen LogP contribution is 2.40. The zero-order valence-electron chi connectivity index (χ0n) is 20.4. The van der Waals surface area contributed by atoms with Crippen LogP contribution in [0.25, 0.3) is 22.4 Å². The van der Waals surface area contributed by atoms with Crippen LogP contribution in [-0.4, -0.2) is 41.9 Å². The Morgan fingerprint density at radius 3 is 2.09 bits per heavy atom. The maximum atomic E-state index is 11.6. The molecule has 0 spiro atoms. The minimum absolute atomic E-state index is 0.0493. The first kappa shape index (κ1) is 24.5. The molecule has 4 rings (SSSR count). The summed E-state index contributed by atoms with van der Waals surface area (Å²) in [4.78, 5) is 9.01. The second-order valence-corrected chi connectivity index (χ2v) is 11.5. The van der Waals surface area contributed by atoms with Crippen molar-refractivity contribution in [3.63, 3.8) is 0 Å². The molecule has 0 aliphatic carbocycles. The van der Waals surface area contributed by atoms with Crippen LogP contribution in [0.3, 0.4) is 0 Å². The normalized spacial score (nSPS) is 12.8. The van der Waals surface area contributed by atoms with Crippen LogP contribution in [0.1, 0.15) is 37.9 Å². The van der Waals surface area contributed by atoms with Crippen molar-refractivity contribution in [1.82, 2.24) is 20.2 Å². The van der Waals surface area contributed by atoms with E-state index in [1.54, 1.807) is 25.6 Å². The molecule has 3 heterocycles. The number of hydrogen-bond acceptors (Lipinski definition) is 7. The maximum absolute atomic E-state index is 11.6. The average Bonchev–Trinajstić information content (AvgIpc) is 2.84. The fourth-order valence-corrected chi connectivity index (χ4v) is 4.57. The lowest BCUT2D eigenvalue weighted by atomic mass is 9.74. The first-order chi connectivity index (χ1) is 16.6. The maximum Gasteiger partial charge on any atom is 0.194 e. The van der Waals surface area contributed by atoms with E-state index in [9.17, 15) is 8.42 Å². The third kappa shape index (κ3) is 5.54. The standard InChI is InChI=1S/C27H28N4O3S/c1-27(2,3)26(19-8-6-18(7-9-19)21-14-22(34-4)17-28-15-21)24-11-10-20(16-29-24)23-12-13-25(31-30-23)35(5,32)33/h6-17,26H,1-5H3. The van der Waals surface area contributed by atoms with Gasteiger partial charge in [0.1, 0.15) is 5.75 Å². The van der Waals surface area contributed by atoms with Gasteiger partial charge in [-0.15, -0.1) is 10.2 Å². The molecule has 0 saturated carbocycles. The van der Waals surface area contributed by atoms with Crippen LogP contribution in [0.4, 0.5) is 0 Å².